The maximum Gasteiger partial charge on any atom is 0.291 e. The number of hydrogen-bond acceptors (Lipinski definition) is 2. The number of hydrogen-bond donors (Lipinski definition) is 1. The molecule has 3 nitrogen and oxygen atoms in total. The summed E-state index contributed by atoms with van der Waals surface area (Å²) in [6.45, 7) is 6.25. The predicted octanol–water partition coefficient (Wildman–Crippen LogP) is 3.49. The normalized spacial score (nSPS) is 9.94. The van der Waals surface area contributed by atoms with Crippen LogP contribution in [0.3, 0.4) is 0 Å². The van der Waals surface area contributed by atoms with E-state index < -0.39 is 0 Å². The molecule has 0 radical (unpaired) electrons. The van der Waals surface area contributed by atoms with Crippen LogP contribution in [0.4, 0.5) is 0 Å². The monoisotopic (exact) mass is 221 g/mol. The smallest absolute Gasteiger partial charge is 0.291 e. The van der Waals surface area contributed by atoms with Crippen LogP contribution in [0.1, 0.15) is 50.6 Å². The number of carbonyl (C=O) groups is 1. The minimum absolute atomic E-state index is 0.166. The molecule has 1 N–H and O–H groups in total. The Balaban J connectivity index is 2.78. The molecule has 0 aliphatic rings. The van der Waals surface area contributed by atoms with Gasteiger partial charge in [-0.05, 0) is 31.4 Å². The van der Waals surface area contributed by atoms with Gasteiger partial charge in [0.1, 0.15) is 0 Å². The molecule has 0 saturated heterocycles. The molecule has 1 amide bonds. The number of furan rings is 1. The highest BCUT2D eigenvalue weighted by Gasteiger charge is 2.11. The van der Waals surface area contributed by atoms with E-state index in [4.69, 9.17) is 4.42 Å². The van der Waals surface area contributed by atoms with Gasteiger partial charge in [-0.2, -0.15) is 0 Å². The highest BCUT2D eigenvalue weighted by atomic mass is 16.3. The minimum Gasteiger partial charge on any atom is -0.459 e. The largest absolute Gasteiger partial charge is 0.459 e. The van der Waals surface area contributed by atoms with Crippen molar-refractivity contribution in [3.63, 3.8) is 0 Å². The number of nitrogens with one attached hydrogen (secondary N) is 1. The predicted molar refractivity (Wildman–Crippen MR) is 64.1 cm³/mol. The Morgan fingerprint density at radius 2 is 1.94 bits per heavy atom. The van der Waals surface area contributed by atoms with Gasteiger partial charge >= 0.3 is 0 Å². The van der Waals surface area contributed by atoms with Crippen molar-refractivity contribution in [1.29, 1.82) is 0 Å². The molecule has 0 atom stereocenters. The highest BCUT2D eigenvalue weighted by Crippen LogP contribution is 2.14. The molecule has 0 aliphatic heterocycles. The van der Waals surface area contributed by atoms with Gasteiger partial charge in [0.05, 0.1) is 6.26 Å². The molecule has 88 valence electrons. The summed E-state index contributed by atoms with van der Waals surface area (Å²) in [5.74, 6) is 0.193. The second-order valence-electron chi connectivity index (χ2n) is 3.57. The first-order chi connectivity index (χ1) is 7.72. The van der Waals surface area contributed by atoms with Crippen LogP contribution < -0.4 is 5.32 Å². The van der Waals surface area contributed by atoms with Gasteiger partial charge in [0.25, 0.3) is 5.91 Å². The third-order valence-electron chi connectivity index (χ3n) is 2.64. The van der Waals surface area contributed by atoms with E-state index in [1.165, 1.54) is 11.8 Å². The lowest BCUT2D eigenvalue weighted by atomic mass is 10.1. The molecule has 0 fully saturated rings. The lowest BCUT2D eigenvalue weighted by Gasteiger charge is -2.12. The first-order valence-corrected chi connectivity index (χ1v) is 5.78. The van der Waals surface area contributed by atoms with Crippen molar-refractivity contribution in [2.24, 2.45) is 0 Å². The fourth-order valence-corrected chi connectivity index (χ4v) is 1.71. The highest BCUT2D eigenvalue weighted by molar-refractivity contribution is 5.92. The zero-order valence-electron chi connectivity index (χ0n) is 10.2. The Bertz CT molecular complexity index is 357. The van der Waals surface area contributed by atoms with Gasteiger partial charge in [-0.3, -0.25) is 4.79 Å². The topological polar surface area (TPSA) is 42.2 Å². The molecular formula is C13H19NO2. The standard InChI is InChI=1S/C13H19NO2/c1-4-10(5-2)11(6-3)14-13(15)12-8-7-9-16-12/h7-9H,4-6H2,1-3H3,(H,14,15). The van der Waals surface area contributed by atoms with Crippen molar-refractivity contribution in [3.8, 4) is 0 Å². The van der Waals surface area contributed by atoms with Gasteiger partial charge in [0, 0.05) is 5.70 Å². The van der Waals surface area contributed by atoms with Gasteiger partial charge < -0.3 is 9.73 Å². The van der Waals surface area contributed by atoms with E-state index >= 15 is 0 Å². The van der Waals surface area contributed by atoms with Crippen LogP contribution in [-0.4, -0.2) is 5.91 Å². The summed E-state index contributed by atoms with van der Waals surface area (Å²) >= 11 is 0. The van der Waals surface area contributed by atoms with Crippen LogP contribution in [0.2, 0.25) is 0 Å². The number of amides is 1. The zero-order chi connectivity index (χ0) is 12.0. The van der Waals surface area contributed by atoms with Gasteiger partial charge in [0.15, 0.2) is 5.76 Å². The van der Waals surface area contributed by atoms with E-state index in [0.717, 1.165) is 25.0 Å². The summed E-state index contributed by atoms with van der Waals surface area (Å²) in [6.07, 6.45) is 4.28. The molecule has 16 heavy (non-hydrogen) atoms. The Morgan fingerprint density at radius 1 is 1.25 bits per heavy atom. The molecule has 1 rings (SSSR count). The summed E-state index contributed by atoms with van der Waals surface area (Å²) in [5, 5.41) is 2.92. The summed E-state index contributed by atoms with van der Waals surface area (Å²) in [4.78, 5) is 11.8. The summed E-state index contributed by atoms with van der Waals surface area (Å²) in [6, 6.07) is 3.38. The summed E-state index contributed by atoms with van der Waals surface area (Å²) in [7, 11) is 0. The lowest BCUT2D eigenvalue weighted by molar-refractivity contribution is 0.0936. The van der Waals surface area contributed by atoms with Gasteiger partial charge in [-0.15, -0.1) is 0 Å². The Kier molecular flexibility index (Phi) is 4.83. The Labute approximate surface area is 96.5 Å². The van der Waals surface area contributed by atoms with Crippen LogP contribution in [0, 0.1) is 0 Å². The van der Waals surface area contributed by atoms with Crippen LogP contribution in [-0.2, 0) is 0 Å². The van der Waals surface area contributed by atoms with Crippen LogP contribution in [0.5, 0.6) is 0 Å². The van der Waals surface area contributed by atoms with E-state index in [9.17, 15) is 4.79 Å². The molecule has 0 aliphatic carbocycles. The van der Waals surface area contributed by atoms with E-state index in [2.05, 4.69) is 19.2 Å². The Hall–Kier alpha value is -1.51. The molecule has 1 aromatic heterocycles. The lowest BCUT2D eigenvalue weighted by Crippen LogP contribution is -2.23. The average molecular weight is 221 g/mol. The number of rotatable bonds is 5. The van der Waals surface area contributed by atoms with E-state index in [0.29, 0.717) is 5.76 Å². The first kappa shape index (κ1) is 12.6. The second kappa shape index (κ2) is 6.16. The van der Waals surface area contributed by atoms with Gasteiger partial charge in [-0.1, -0.05) is 26.3 Å². The third-order valence-corrected chi connectivity index (χ3v) is 2.64. The van der Waals surface area contributed by atoms with Crippen molar-refractivity contribution < 1.29 is 9.21 Å². The van der Waals surface area contributed by atoms with Crippen LogP contribution in [0.25, 0.3) is 0 Å². The molecule has 0 aromatic carbocycles. The van der Waals surface area contributed by atoms with E-state index in [1.54, 1.807) is 12.1 Å². The van der Waals surface area contributed by atoms with E-state index in [1.807, 2.05) is 6.92 Å². The maximum absolute atomic E-state index is 11.8. The Morgan fingerprint density at radius 3 is 2.38 bits per heavy atom. The fraction of sp³-hybridized carbons (Fsp3) is 0.462. The third kappa shape index (κ3) is 2.99. The summed E-state index contributed by atoms with van der Waals surface area (Å²) < 4.78 is 5.05. The molecule has 0 saturated carbocycles. The number of carbonyl (C=O) groups excluding carboxylic acids is 1. The zero-order valence-corrected chi connectivity index (χ0v) is 10.2. The van der Waals surface area contributed by atoms with Crippen molar-refractivity contribution in [2.45, 2.75) is 40.0 Å². The molecule has 3 heteroatoms. The molecule has 0 spiro atoms. The molecule has 0 bridgehead atoms. The number of allylic oxidation sites excluding steroid dienone is 2. The van der Waals surface area contributed by atoms with Crippen molar-refractivity contribution in [3.05, 3.63) is 35.4 Å². The first-order valence-electron chi connectivity index (χ1n) is 5.78. The molecular weight excluding hydrogens is 202 g/mol. The molecule has 1 aromatic rings. The average Bonchev–Trinajstić information content (AvgIpc) is 2.82. The maximum atomic E-state index is 11.8. The van der Waals surface area contributed by atoms with Gasteiger partial charge in [-0.25, -0.2) is 0 Å². The minimum atomic E-state index is -0.166. The van der Waals surface area contributed by atoms with Crippen LogP contribution in [0.15, 0.2) is 34.1 Å². The molecule has 0 unspecified atom stereocenters. The summed E-state index contributed by atoms with van der Waals surface area (Å²) in [5.41, 5.74) is 2.31. The van der Waals surface area contributed by atoms with Gasteiger partial charge in [0.2, 0.25) is 0 Å². The van der Waals surface area contributed by atoms with Crippen molar-refractivity contribution >= 4 is 5.91 Å². The van der Waals surface area contributed by atoms with Crippen molar-refractivity contribution in [1.82, 2.24) is 5.32 Å². The SMILES string of the molecule is CCC(CC)=C(CC)NC(=O)c1ccco1. The fourth-order valence-electron chi connectivity index (χ4n) is 1.71. The quantitative estimate of drug-likeness (QED) is 0.826. The van der Waals surface area contributed by atoms with Crippen LogP contribution >= 0.6 is 0 Å². The van der Waals surface area contributed by atoms with Crippen molar-refractivity contribution in [2.75, 3.05) is 0 Å². The molecule has 1 heterocycles. The second-order valence-corrected chi connectivity index (χ2v) is 3.57. The van der Waals surface area contributed by atoms with E-state index in [-0.39, 0.29) is 5.91 Å².